The number of rotatable bonds is 3. The zero-order chi connectivity index (χ0) is 11.2. The van der Waals surface area contributed by atoms with Crippen LogP contribution in [0.25, 0.3) is 0 Å². The van der Waals surface area contributed by atoms with Gasteiger partial charge in [-0.25, -0.2) is 4.79 Å². The van der Waals surface area contributed by atoms with Gasteiger partial charge in [-0.3, -0.25) is 4.79 Å². The number of amides is 1. The number of ether oxygens (including phenoxy) is 1. The number of alkyl carbamates (subject to hydrolysis) is 1. The van der Waals surface area contributed by atoms with Crippen molar-refractivity contribution in [3.05, 3.63) is 0 Å². The maximum Gasteiger partial charge on any atom is 0.415 e. The van der Waals surface area contributed by atoms with Crippen LogP contribution in [0.1, 0.15) is 27.2 Å². The van der Waals surface area contributed by atoms with E-state index in [-0.39, 0.29) is 12.0 Å². The molecule has 82 valence electrons. The van der Waals surface area contributed by atoms with Crippen LogP contribution in [0.4, 0.5) is 4.79 Å². The zero-order valence-electron chi connectivity index (χ0n) is 9.05. The molecule has 0 atom stereocenters. The molecule has 0 fully saturated rings. The molecule has 0 unspecified atom stereocenters. The van der Waals surface area contributed by atoms with E-state index in [0.29, 0.717) is 5.75 Å². The molecule has 0 rings (SSSR count). The van der Waals surface area contributed by atoms with Gasteiger partial charge < -0.3 is 10.1 Å². The monoisotopic (exact) mass is 219 g/mol. The highest BCUT2D eigenvalue weighted by Gasteiger charge is 2.17. The minimum atomic E-state index is -0.677. The zero-order valence-corrected chi connectivity index (χ0v) is 9.86. The van der Waals surface area contributed by atoms with Crippen LogP contribution in [0.5, 0.6) is 0 Å². The van der Waals surface area contributed by atoms with Crippen molar-refractivity contribution in [3.8, 4) is 0 Å². The van der Waals surface area contributed by atoms with Crippen LogP contribution in [0.15, 0.2) is 0 Å². The lowest BCUT2D eigenvalue weighted by Crippen LogP contribution is -2.41. The highest BCUT2D eigenvalue weighted by molar-refractivity contribution is 7.98. The van der Waals surface area contributed by atoms with Crippen LogP contribution in [0.3, 0.4) is 0 Å². The normalized spacial score (nSPS) is 10.9. The molecule has 0 aliphatic carbocycles. The van der Waals surface area contributed by atoms with Crippen molar-refractivity contribution in [1.29, 1.82) is 0 Å². The van der Waals surface area contributed by atoms with E-state index in [4.69, 9.17) is 0 Å². The van der Waals surface area contributed by atoms with Crippen LogP contribution in [-0.2, 0) is 9.53 Å². The minimum Gasteiger partial charge on any atom is -0.376 e. The third-order valence-corrected chi connectivity index (χ3v) is 1.81. The Bertz CT molecular complexity index is 211. The summed E-state index contributed by atoms with van der Waals surface area (Å²) in [6.45, 7) is 5.46. The average Bonchev–Trinajstić information content (AvgIpc) is 1.96. The summed E-state index contributed by atoms with van der Waals surface area (Å²) in [7, 11) is 0. The molecular weight excluding hydrogens is 202 g/mol. The number of esters is 1. The van der Waals surface area contributed by atoms with E-state index in [1.165, 1.54) is 11.8 Å². The number of hydrogen-bond donors (Lipinski definition) is 1. The Morgan fingerprint density at radius 3 is 2.36 bits per heavy atom. The first kappa shape index (κ1) is 13.3. The minimum absolute atomic E-state index is 0.263. The first-order chi connectivity index (χ1) is 6.35. The summed E-state index contributed by atoms with van der Waals surface area (Å²) in [5, 5.41) is 2.54. The lowest BCUT2D eigenvalue weighted by molar-refractivity contribution is -0.136. The Morgan fingerprint density at radius 2 is 1.93 bits per heavy atom. The summed E-state index contributed by atoms with van der Waals surface area (Å²) in [5.74, 6) is 0.183. The highest BCUT2D eigenvalue weighted by Crippen LogP contribution is 2.01. The summed E-state index contributed by atoms with van der Waals surface area (Å²) in [6.07, 6.45) is 1.48. The number of hydrogen-bond acceptors (Lipinski definition) is 4. The molecule has 0 aliphatic rings. The molecule has 4 nitrogen and oxygen atoms in total. The highest BCUT2D eigenvalue weighted by atomic mass is 32.2. The van der Waals surface area contributed by atoms with Gasteiger partial charge in [0.25, 0.3) is 0 Å². The molecule has 0 saturated heterocycles. The second kappa shape index (κ2) is 5.90. The van der Waals surface area contributed by atoms with Crippen molar-refractivity contribution in [2.45, 2.75) is 32.7 Å². The van der Waals surface area contributed by atoms with Crippen LogP contribution >= 0.6 is 11.8 Å². The molecule has 5 heteroatoms. The Balaban J connectivity index is 3.78. The van der Waals surface area contributed by atoms with Gasteiger partial charge in [0, 0.05) is 11.3 Å². The fourth-order valence-electron chi connectivity index (χ4n) is 0.672. The van der Waals surface area contributed by atoms with E-state index in [9.17, 15) is 9.59 Å². The van der Waals surface area contributed by atoms with Crippen molar-refractivity contribution in [2.75, 3.05) is 12.0 Å². The summed E-state index contributed by atoms with van der Waals surface area (Å²) in [5.41, 5.74) is -0.378. The van der Waals surface area contributed by atoms with Gasteiger partial charge in [-0.1, -0.05) is 0 Å². The van der Waals surface area contributed by atoms with Crippen molar-refractivity contribution >= 4 is 23.8 Å². The third kappa shape index (κ3) is 7.91. The molecule has 0 bridgehead atoms. The molecule has 1 amide bonds. The van der Waals surface area contributed by atoms with E-state index < -0.39 is 12.1 Å². The molecule has 0 aromatic rings. The molecule has 1 N–H and O–H groups in total. The average molecular weight is 219 g/mol. The fourth-order valence-corrected chi connectivity index (χ4v) is 1.04. The maximum absolute atomic E-state index is 11.1. The van der Waals surface area contributed by atoms with E-state index >= 15 is 0 Å². The van der Waals surface area contributed by atoms with Gasteiger partial charge in [-0.15, -0.1) is 0 Å². The van der Waals surface area contributed by atoms with Gasteiger partial charge in [0.15, 0.2) is 0 Å². The lowest BCUT2D eigenvalue weighted by atomic mass is 10.1. The van der Waals surface area contributed by atoms with Gasteiger partial charge in [0.2, 0.25) is 0 Å². The standard InChI is InChI=1S/C9H17NO3S/c1-9(2,3)10-8(12)13-7(11)5-6-14-4/h5-6H2,1-4H3,(H,10,12). The van der Waals surface area contributed by atoms with Gasteiger partial charge in [0.1, 0.15) is 0 Å². The van der Waals surface area contributed by atoms with Gasteiger partial charge in [0.05, 0.1) is 6.42 Å². The Kier molecular flexibility index (Phi) is 5.60. The van der Waals surface area contributed by atoms with E-state index in [0.717, 1.165) is 0 Å². The Hall–Kier alpha value is -0.710. The molecule has 0 aromatic carbocycles. The van der Waals surface area contributed by atoms with E-state index in [2.05, 4.69) is 10.1 Å². The fraction of sp³-hybridized carbons (Fsp3) is 0.778. The molecule has 0 aliphatic heterocycles. The summed E-state index contributed by atoms with van der Waals surface area (Å²) >= 11 is 1.54. The third-order valence-electron chi connectivity index (χ3n) is 1.19. The topological polar surface area (TPSA) is 55.4 Å². The Labute approximate surface area is 88.8 Å². The maximum atomic E-state index is 11.1. The van der Waals surface area contributed by atoms with Crippen molar-refractivity contribution in [3.63, 3.8) is 0 Å². The molecule has 0 spiro atoms. The number of thioether (sulfide) groups is 1. The number of carbonyl (C=O) groups is 2. The molecule has 0 saturated carbocycles. The quantitative estimate of drug-likeness (QED) is 0.581. The van der Waals surface area contributed by atoms with Crippen LogP contribution < -0.4 is 5.32 Å². The van der Waals surface area contributed by atoms with Crippen molar-refractivity contribution < 1.29 is 14.3 Å². The van der Waals surface area contributed by atoms with Gasteiger partial charge in [-0.05, 0) is 27.0 Å². The largest absolute Gasteiger partial charge is 0.415 e. The second-order valence-corrected chi connectivity index (χ2v) is 4.86. The van der Waals surface area contributed by atoms with Crippen LogP contribution in [0.2, 0.25) is 0 Å². The number of carbonyl (C=O) groups excluding carboxylic acids is 2. The summed E-state index contributed by atoms with van der Waals surface area (Å²) in [6, 6.07) is 0. The van der Waals surface area contributed by atoms with Crippen LogP contribution in [0, 0.1) is 0 Å². The second-order valence-electron chi connectivity index (χ2n) is 3.88. The van der Waals surface area contributed by atoms with Crippen molar-refractivity contribution in [1.82, 2.24) is 5.32 Å². The van der Waals surface area contributed by atoms with Gasteiger partial charge in [-0.2, -0.15) is 11.8 Å². The summed E-state index contributed by atoms with van der Waals surface area (Å²) in [4.78, 5) is 22.1. The summed E-state index contributed by atoms with van der Waals surface area (Å²) < 4.78 is 4.53. The van der Waals surface area contributed by atoms with E-state index in [1.54, 1.807) is 0 Å². The number of nitrogens with one attached hydrogen (secondary N) is 1. The predicted octanol–water partition coefficient (Wildman–Crippen LogP) is 1.79. The first-order valence-corrected chi connectivity index (χ1v) is 5.76. The van der Waals surface area contributed by atoms with Gasteiger partial charge >= 0.3 is 12.1 Å². The lowest BCUT2D eigenvalue weighted by Gasteiger charge is -2.19. The predicted molar refractivity (Wildman–Crippen MR) is 57.4 cm³/mol. The molecule has 14 heavy (non-hydrogen) atoms. The smallest absolute Gasteiger partial charge is 0.376 e. The molecule has 0 heterocycles. The Morgan fingerprint density at radius 1 is 1.36 bits per heavy atom. The first-order valence-electron chi connectivity index (χ1n) is 4.37. The van der Waals surface area contributed by atoms with Crippen molar-refractivity contribution in [2.24, 2.45) is 0 Å². The molecule has 0 radical (unpaired) electrons. The van der Waals surface area contributed by atoms with Crippen LogP contribution in [-0.4, -0.2) is 29.6 Å². The van der Waals surface area contributed by atoms with E-state index in [1.807, 2.05) is 27.0 Å². The SMILES string of the molecule is CSCCC(=O)OC(=O)NC(C)(C)C. The molecular formula is C9H17NO3S. The molecule has 0 aromatic heterocycles.